The van der Waals surface area contributed by atoms with E-state index >= 15 is 0 Å². The Labute approximate surface area is 90.4 Å². The third kappa shape index (κ3) is 2.12. The number of benzene rings is 1. The van der Waals surface area contributed by atoms with Gasteiger partial charge in [-0.25, -0.2) is 4.79 Å². The van der Waals surface area contributed by atoms with E-state index in [2.05, 4.69) is 27.3 Å². The van der Waals surface area contributed by atoms with Gasteiger partial charge in [-0.05, 0) is 47.2 Å². The molecule has 0 aliphatic carbocycles. The number of ether oxygens (including phenoxy) is 1. The first-order valence-electron chi connectivity index (χ1n) is 3.70. The van der Waals surface area contributed by atoms with E-state index in [1.165, 1.54) is 7.11 Å². The molecule has 4 heteroatoms. The molecule has 0 fully saturated rings. The summed E-state index contributed by atoms with van der Waals surface area (Å²) in [5, 5.41) is 0. The summed E-state index contributed by atoms with van der Waals surface area (Å²) in [6.07, 6.45) is 0. The minimum atomic E-state index is -0.332. The van der Waals surface area contributed by atoms with E-state index in [1.807, 2.05) is 6.92 Å². The molecule has 1 aromatic carbocycles. The predicted molar refractivity (Wildman–Crippen MR) is 59.6 cm³/mol. The molecular weight excluding hydrogens is 281 g/mol. The van der Waals surface area contributed by atoms with Crippen LogP contribution in [0.3, 0.4) is 0 Å². The van der Waals surface area contributed by atoms with Crippen molar-refractivity contribution in [2.45, 2.75) is 6.92 Å². The summed E-state index contributed by atoms with van der Waals surface area (Å²) in [6, 6.07) is 3.44. The standard InChI is InChI=1S/C9H10INO2/c1-5-3-6(9(12)13-2)4-7(10)8(5)11/h3-4H,11H2,1-2H3. The van der Waals surface area contributed by atoms with E-state index < -0.39 is 0 Å². The lowest BCUT2D eigenvalue weighted by Gasteiger charge is -2.05. The maximum absolute atomic E-state index is 11.2. The number of anilines is 1. The Morgan fingerprint density at radius 1 is 1.54 bits per heavy atom. The van der Waals surface area contributed by atoms with E-state index in [0.717, 1.165) is 9.13 Å². The number of carbonyl (C=O) groups is 1. The highest BCUT2D eigenvalue weighted by atomic mass is 127. The molecule has 0 bridgehead atoms. The van der Waals surface area contributed by atoms with Crippen LogP contribution in [0.5, 0.6) is 0 Å². The van der Waals surface area contributed by atoms with Crippen molar-refractivity contribution < 1.29 is 9.53 Å². The third-order valence-corrected chi connectivity index (χ3v) is 2.65. The second-order valence-electron chi connectivity index (χ2n) is 2.68. The van der Waals surface area contributed by atoms with Crippen LogP contribution in [0.25, 0.3) is 0 Å². The minimum Gasteiger partial charge on any atom is -0.465 e. The molecule has 2 N–H and O–H groups in total. The number of hydrogen-bond donors (Lipinski definition) is 1. The number of esters is 1. The molecule has 70 valence electrons. The van der Waals surface area contributed by atoms with Gasteiger partial charge >= 0.3 is 5.97 Å². The van der Waals surface area contributed by atoms with Crippen molar-refractivity contribution in [1.29, 1.82) is 0 Å². The lowest BCUT2D eigenvalue weighted by molar-refractivity contribution is 0.0600. The van der Waals surface area contributed by atoms with E-state index in [-0.39, 0.29) is 5.97 Å². The first kappa shape index (κ1) is 10.3. The fourth-order valence-corrected chi connectivity index (χ4v) is 1.75. The van der Waals surface area contributed by atoms with Gasteiger partial charge in [0.2, 0.25) is 0 Å². The van der Waals surface area contributed by atoms with Crippen molar-refractivity contribution in [1.82, 2.24) is 0 Å². The Kier molecular flexibility index (Phi) is 3.13. The fourth-order valence-electron chi connectivity index (χ4n) is 0.991. The molecule has 1 rings (SSSR count). The number of halogens is 1. The van der Waals surface area contributed by atoms with Gasteiger partial charge in [0, 0.05) is 9.26 Å². The maximum atomic E-state index is 11.2. The van der Waals surface area contributed by atoms with E-state index in [0.29, 0.717) is 11.3 Å². The zero-order valence-corrected chi connectivity index (χ0v) is 9.58. The number of aryl methyl sites for hydroxylation is 1. The smallest absolute Gasteiger partial charge is 0.337 e. The summed E-state index contributed by atoms with van der Waals surface area (Å²) in [5.41, 5.74) is 7.88. The summed E-state index contributed by atoms with van der Waals surface area (Å²) in [6.45, 7) is 1.87. The highest BCUT2D eigenvalue weighted by Gasteiger charge is 2.09. The predicted octanol–water partition coefficient (Wildman–Crippen LogP) is 1.97. The Hall–Kier alpha value is -0.780. The molecule has 0 aliphatic heterocycles. The van der Waals surface area contributed by atoms with Crippen LogP contribution >= 0.6 is 22.6 Å². The molecule has 0 atom stereocenters. The Morgan fingerprint density at radius 3 is 2.62 bits per heavy atom. The second-order valence-corrected chi connectivity index (χ2v) is 3.84. The lowest BCUT2D eigenvalue weighted by Crippen LogP contribution is -2.04. The molecule has 0 heterocycles. The maximum Gasteiger partial charge on any atom is 0.337 e. The van der Waals surface area contributed by atoms with Gasteiger partial charge in [0.15, 0.2) is 0 Å². The van der Waals surface area contributed by atoms with Gasteiger partial charge in [0.25, 0.3) is 0 Å². The van der Waals surface area contributed by atoms with Crippen LogP contribution in [0.1, 0.15) is 15.9 Å². The van der Waals surface area contributed by atoms with Crippen molar-refractivity contribution in [2.24, 2.45) is 0 Å². The van der Waals surface area contributed by atoms with Crippen LogP contribution in [-0.2, 0) is 4.74 Å². The highest BCUT2D eigenvalue weighted by Crippen LogP contribution is 2.21. The van der Waals surface area contributed by atoms with E-state index in [4.69, 9.17) is 5.73 Å². The zero-order valence-electron chi connectivity index (χ0n) is 7.43. The van der Waals surface area contributed by atoms with Crippen molar-refractivity contribution >= 4 is 34.2 Å². The van der Waals surface area contributed by atoms with Gasteiger partial charge in [-0.2, -0.15) is 0 Å². The average Bonchev–Trinajstić information content (AvgIpc) is 2.12. The summed E-state index contributed by atoms with van der Waals surface area (Å²) in [7, 11) is 1.36. The van der Waals surface area contributed by atoms with Gasteiger partial charge in [0.1, 0.15) is 0 Å². The number of methoxy groups -OCH3 is 1. The average molecular weight is 291 g/mol. The van der Waals surface area contributed by atoms with Crippen LogP contribution in [0.4, 0.5) is 5.69 Å². The minimum absolute atomic E-state index is 0.332. The first-order chi connectivity index (χ1) is 6.06. The number of nitrogen functional groups attached to an aromatic ring is 1. The monoisotopic (exact) mass is 291 g/mol. The molecule has 0 aliphatic rings. The second kappa shape index (κ2) is 3.95. The van der Waals surface area contributed by atoms with Crippen molar-refractivity contribution in [3.63, 3.8) is 0 Å². The Bertz CT molecular complexity index is 326. The largest absolute Gasteiger partial charge is 0.465 e. The Balaban J connectivity index is 3.20. The molecule has 0 radical (unpaired) electrons. The molecule has 3 nitrogen and oxygen atoms in total. The number of nitrogens with two attached hydrogens (primary N) is 1. The van der Waals surface area contributed by atoms with Crippen LogP contribution in [0.2, 0.25) is 0 Å². The van der Waals surface area contributed by atoms with Gasteiger partial charge in [-0.1, -0.05) is 0 Å². The molecule has 0 saturated heterocycles. The molecule has 0 amide bonds. The zero-order chi connectivity index (χ0) is 10.0. The van der Waals surface area contributed by atoms with Gasteiger partial charge in [0.05, 0.1) is 12.7 Å². The molecule has 0 spiro atoms. The number of hydrogen-bond acceptors (Lipinski definition) is 3. The van der Waals surface area contributed by atoms with E-state index in [9.17, 15) is 4.79 Å². The van der Waals surface area contributed by atoms with Crippen LogP contribution in [-0.4, -0.2) is 13.1 Å². The molecule has 13 heavy (non-hydrogen) atoms. The third-order valence-electron chi connectivity index (χ3n) is 1.76. The normalized spacial score (nSPS) is 9.77. The summed E-state index contributed by atoms with van der Waals surface area (Å²) in [4.78, 5) is 11.2. The van der Waals surface area contributed by atoms with Crippen LogP contribution in [0.15, 0.2) is 12.1 Å². The first-order valence-corrected chi connectivity index (χ1v) is 4.78. The quantitative estimate of drug-likeness (QED) is 0.489. The molecule has 1 aromatic rings. The van der Waals surface area contributed by atoms with Gasteiger partial charge in [-0.3, -0.25) is 0 Å². The van der Waals surface area contributed by atoms with Gasteiger partial charge in [-0.15, -0.1) is 0 Å². The van der Waals surface area contributed by atoms with Crippen molar-refractivity contribution in [2.75, 3.05) is 12.8 Å². The highest BCUT2D eigenvalue weighted by molar-refractivity contribution is 14.1. The summed E-state index contributed by atoms with van der Waals surface area (Å²) >= 11 is 2.09. The SMILES string of the molecule is COC(=O)c1cc(C)c(N)c(I)c1. The Morgan fingerprint density at radius 2 is 2.15 bits per heavy atom. The topological polar surface area (TPSA) is 52.3 Å². The molecule has 0 aromatic heterocycles. The molecule has 0 unspecified atom stereocenters. The van der Waals surface area contributed by atoms with Crippen LogP contribution in [0, 0.1) is 10.5 Å². The number of carbonyl (C=O) groups excluding carboxylic acids is 1. The molecular formula is C9H10INO2. The van der Waals surface area contributed by atoms with Crippen LogP contribution < -0.4 is 5.73 Å². The number of rotatable bonds is 1. The lowest BCUT2D eigenvalue weighted by atomic mass is 10.1. The van der Waals surface area contributed by atoms with Crippen molar-refractivity contribution in [3.8, 4) is 0 Å². The molecule has 0 saturated carbocycles. The van der Waals surface area contributed by atoms with E-state index in [1.54, 1.807) is 12.1 Å². The van der Waals surface area contributed by atoms with Crippen molar-refractivity contribution in [3.05, 3.63) is 26.8 Å². The summed E-state index contributed by atoms with van der Waals surface area (Å²) in [5.74, 6) is -0.332. The fraction of sp³-hybridized carbons (Fsp3) is 0.222. The van der Waals surface area contributed by atoms with Gasteiger partial charge < -0.3 is 10.5 Å². The summed E-state index contributed by atoms with van der Waals surface area (Å²) < 4.78 is 5.48.